The van der Waals surface area contributed by atoms with Crippen molar-refractivity contribution in [3.8, 4) is 0 Å². The second-order valence-corrected chi connectivity index (χ2v) is 14.5. The van der Waals surface area contributed by atoms with Crippen LogP contribution in [0.5, 0.6) is 0 Å². The minimum Gasteiger partial charge on any atom is -0.394 e. The van der Waals surface area contributed by atoms with Crippen LogP contribution in [0.3, 0.4) is 0 Å². The Balaban J connectivity index is 1.48. The van der Waals surface area contributed by atoms with Crippen molar-refractivity contribution in [1.29, 1.82) is 0 Å². The van der Waals surface area contributed by atoms with Crippen molar-refractivity contribution in [2.45, 2.75) is 55.3 Å². The van der Waals surface area contributed by atoms with Crippen LogP contribution in [0.25, 0.3) is 0 Å². The number of likely N-dealkylation sites (tertiary alicyclic amines) is 1. The molecule has 7 atom stereocenters. The fourth-order valence-corrected chi connectivity index (χ4v) is 9.90. The quantitative estimate of drug-likeness (QED) is 0.444. The van der Waals surface area contributed by atoms with E-state index in [-0.39, 0.29) is 36.8 Å². The molecular weight excluding hydrogens is 582 g/mol. The first-order valence-electron chi connectivity index (χ1n) is 15.0. The molecule has 6 rings (SSSR count). The Bertz CT molecular complexity index is 1480. The van der Waals surface area contributed by atoms with Gasteiger partial charge in [-0.3, -0.25) is 14.4 Å². The van der Waals surface area contributed by atoms with Crippen molar-refractivity contribution >= 4 is 46.8 Å². The van der Waals surface area contributed by atoms with E-state index in [1.807, 2.05) is 92.4 Å². The second kappa shape index (κ2) is 11.5. The number of thioether (sulfide) groups is 1. The maximum Gasteiger partial charge on any atom is 0.251 e. The van der Waals surface area contributed by atoms with Crippen LogP contribution in [0.2, 0.25) is 5.02 Å². The van der Waals surface area contributed by atoms with Crippen molar-refractivity contribution < 1.29 is 19.5 Å². The van der Waals surface area contributed by atoms with Crippen LogP contribution < -0.4 is 4.90 Å². The fourth-order valence-electron chi connectivity index (χ4n) is 7.52. The van der Waals surface area contributed by atoms with Crippen molar-refractivity contribution in [2.24, 2.45) is 17.8 Å². The van der Waals surface area contributed by atoms with Crippen molar-refractivity contribution in [1.82, 2.24) is 9.80 Å². The molecule has 1 N–H and O–H groups in total. The van der Waals surface area contributed by atoms with Crippen LogP contribution in [-0.4, -0.2) is 73.9 Å². The number of hydrogen-bond acceptors (Lipinski definition) is 5. The molecule has 4 heterocycles. The number of anilines is 1. The summed E-state index contributed by atoms with van der Waals surface area (Å²) in [6, 6.07) is 15.6. The van der Waals surface area contributed by atoms with Crippen LogP contribution in [-0.2, 0) is 20.9 Å². The van der Waals surface area contributed by atoms with Gasteiger partial charge in [-0.05, 0) is 30.5 Å². The zero-order valence-corrected chi connectivity index (χ0v) is 26.3. The summed E-state index contributed by atoms with van der Waals surface area (Å²) in [5.74, 6) is -2.09. The number of amides is 3. The highest BCUT2D eigenvalue weighted by Crippen LogP contribution is 2.66. The molecule has 0 aliphatic carbocycles. The largest absolute Gasteiger partial charge is 0.394 e. The van der Waals surface area contributed by atoms with Gasteiger partial charge < -0.3 is 19.8 Å². The van der Waals surface area contributed by atoms with E-state index >= 15 is 0 Å². The van der Waals surface area contributed by atoms with E-state index in [0.29, 0.717) is 23.8 Å². The van der Waals surface area contributed by atoms with Crippen LogP contribution in [0, 0.1) is 17.8 Å². The average Bonchev–Trinajstić information content (AvgIpc) is 3.27. The normalized spacial score (nSPS) is 31.4. The van der Waals surface area contributed by atoms with Gasteiger partial charge in [0.1, 0.15) is 6.04 Å². The molecular formula is C34H38ClN3O4S. The number of aliphatic hydroxyl groups is 1. The first-order chi connectivity index (χ1) is 20.7. The third-order valence-corrected chi connectivity index (χ3v) is 11.9. The number of rotatable bonds is 7. The topological polar surface area (TPSA) is 81.2 Å². The van der Waals surface area contributed by atoms with Gasteiger partial charge in [0.2, 0.25) is 11.8 Å². The zero-order chi connectivity index (χ0) is 30.5. The van der Waals surface area contributed by atoms with Gasteiger partial charge >= 0.3 is 0 Å². The summed E-state index contributed by atoms with van der Waals surface area (Å²) in [5, 5.41) is 11.1. The number of para-hydroxylation sites is 1. The first kappa shape index (κ1) is 30.0. The molecule has 43 heavy (non-hydrogen) atoms. The molecule has 1 spiro atoms. The SMILES string of the molecule is CC[C@H](C)[C@H](CO)N1C(=O)[C@@H]2[C@H]3C(=O)N(Cc4ccccc4)CC=C[C@@]3(C)S[C@@]23C=CCN(c2ccccc2Cl)C(=O)C13. The number of hydrogen-bond donors (Lipinski definition) is 1. The number of benzene rings is 2. The van der Waals surface area contributed by atoms with E-state index in [2.05, 4.69) is 6.08 Å². The number of nitrogens with zero attached hydrogens (tertiary/aromatic N) is 3. The van der Waals surface area contributed by atoms with Gasteiger partial charge in [0, 0.05) is 24.4 Å². The molecule has 2 aromatic carbocycles. The van der Waals surface area contributed by atoms with Gasteiger partial charge in [0.05, 0.1) is 39.9 Å². The van der Waals surface area contributed by atoms with Crippen molar-refractivity contribution in [2.75, 3.05) is 24.6 Å². The van der Waals surface area contributed by atoms with Gasteiger partial charge in [0.25, 0.3) is 5.91 Å². The molecule has 0 saturated carbocycles. The van der Waals surface area contributed by atoms with E-state index in [9.17, 15) is 19.5 Å². The number of aliphatic hydroxyl groups excluding tert-OH is 1. The molecule has 7 nitrogen and oxygen atoms in total. The van der Waals surface area contributed by atoms with E-state index in [4.69, 9.17) is 11.6 Å². The molecule has 0 radical (unpaired) electrons. The minimum atomic E-state index is -1.000. The third-order valence-electron chi connectivity index (χ3n) is 9.78. The smallest absolute Gasteiger partial charge is 0.251 e. The Hall–Kier alpha value is -3.07. The van der Waals surface area contributed by atoms with Gasteiger partial charge in [-0.25, -0.2) is 0 Å². The van der Waals surface area contributed by atoms with E-state index in [1.165, 1.54) is 0 Å². The molecule has 9 heteroatoms. The van der Waals surface area contributed by atoms with Crippen LogP contribution in [0.4, 0.5) is 5.69 Å². The number of carbonyl (C=O) groups is 3. The maximum absolute atomic E-state index is 14.8. The number of carbonyl (C=O) groups excluding carboxylic acids is 3. The summed E-state index contributed by atoms with van der Waals surface area (Å²) < 4.78 is -1.71. The van der Waals surface area contributed by atoms with Crippen LogP contribution >= 0.6 is 23.4 Å². The number of fused-ring (bicyclic) bond motifs is 2. The maximum atomic E-state index is 14.8. The van der Waals surface area contributed by atoms with Crippen molar-refractivity contribution in [3.63, 3.8) is 0 Å². The summed E-state index contributed by atoms with van der Waals surface area (Å²) >= 11 is 8.15. The molecule has 1 unspecified atom stereocenters. The lowest BCUT2D eigenvalue weighted by atomic mass is 9.74. The Labute approximate surface area is 262 Å². The van der Waals surface area contributed by atoms with E-state index in [0.717, 1.165) is 12.0 Å². The molecule has 2 aromatic rings. The Morgan fingerprint density at radius 3 is 2.35 bits per heavy atom. The van der Waals surface area contributed by atoms with Gasteiger partial charge in [-0.15, -0.1) is 11.8 Å². The fraction of sp³-hybridized carbons (Fsp3) is 0.441. The Kier molecular flexibility index (Phi) is 7.98. The summed E-state index contributed by atoms with van der Waals surface area (Å²) in [6.07, 6.45) is 8.77. The Morgan fingerprint density at radius 1 is 0.953 bits per heavy atom. The number of halogens is 1. The monoisotopic (exact) mass is 619 g/mol. The van der Waals surface area contributed by atoms with Crippen molar-refractivity contribution in [3.05, 3.63) is 89.5 Å². The summed E-state index contributed by atoms with van der Waals surface area (Å²) in [6.45, 7) is 6.93. The van der Waals surface area contributed by atoms with E-state index in [1.54, 1.807) is 27.6 Å². The lowest BCUT2D eigenvalue weighted by Gasteiger charge is -2.41. The van der Waals surface area contributed by atoms with Gasteiger partial charge in [0.15, 0.2) is 0 Å². The van der Waals surface area contributed by atoms with E-state index < -0.39 is 33.4 Å². The lowest BCUT2D eigenvalue weighted by Crippen LogP contribution is -2.58. The molecule has 0 bridgehead atoms. The molecule has 0 aromatic heterocycles. The molecule has 4 aliphatic rings. The average molecular weight is 620 g/mol. The van der Waals surface area contributed by atoms with Gasteiger partial charge in [-0.2, -0.15) is 0 Å². The van der Waals surface area contributed by atoms with Gasteiger partial charge in [-0.1, -0.05) is 98.6 Å². The highest BCUT2D eigenvalue weighted by molar-refractivity contribution is 8.02. The van der Waals surface area contributed by atoms with Crippen LogP contribution in [0.1, 0.15) is 32.8 Å². The molecule has 3 amide bonds. The zero-order valence-electron chi connectivity index (χ0n) is 24.7. The summed E-state index contributed by atoms with van der Waals surface area (Å²) in [4.78, 5) is 49.3. The first-order valence-corrected chi connectivity index (χ1v) is 16.2. The molecule has 226 valence electrons. The standard InChI is InChI=1S/C34H38ClN3O4S/c1-4-22(2)26(21-39)38-29-32(42)37(25-15-9-8-14-24(25)35)19-11-17-34(29)28(31(38)41)27-30(40)36(18-10-16-33(27,3)43-34)20-23-12-6-5-7-13-23/h5-17,22,26-29,39H,4,18-21H2,1-3H3/t22-,26-,27-,28-,29?,33+,34-/m0/s1. The highest BCUT2D eigenvalue weighted by Gasteiger charge is 2.74. The molecule has 4 aliphatic heterocycles. The predicted octanol–water partition coefficient (Wildman–Crippen LogP) is 4.94. The lowest BCUT2D eigenvalue weighted by molar-refractivity contribution is -0.146. The summed E-state index contributed by atoms with van der Waals surface area (Å²) in [5.41, 5.74) is 1.59. The van der Waals surface area contributed by atoms with Crippen LogP contribution in [0.15, 0.2) is 78.9 Å². The predicted molar refractivity (Wildman–Crippen MR) is 171 cm³/mol. The summed E-state index contributed by atoms with van der Waals surface area (Å²) in [7, 11) is 0. The third kappa shape index (κ3) is 4.73. The molecule has 2 fully saturated rings. The Morgan fingerprint density at radius 2 is 1.65 bits per heavy atom. The molecule has 2 saturated heterocycles. The second-order valence-electron chi connectivity index (χ2n) is 12.3. The highest BCUT2D eigenvalue weighted by atomic mass is 35.5. The minimum absolute atomic E-state index is 0.0608.